The predicted molar refractivity (Wildman–Crippen MR) is 105 cm³/mol. The van der Waals surface area contributed by atoms with Crippen LogP contribution in [-0.2, 0) is 16.0 Å². The maximum atomic E-state index is 13.1. The topological polar surface area (TPSA) is 64.1 Å². The summed E-state index contributed by atoms with van der Waals surface area (Å²) >= 11 is 0. The van der Waals surface area contributed by atoms with E-state index in [2.05, 4.69) is 0 Å². The van der Waals surface area contributed by atoms with Crippen LogP contribution in [0.4, 0.5) is 14.5 Å². The molecule has 0 spiro atoms. The van der Waals surface area contributed by atoms with Crippen molar-refractivity contribution in [3.8, 4) is 0 Å². The van der Waals surface area contributed by atoms with Gasteiger partial charge < -0.3 is 5.11 Å². The average Bonchev–Trinajstić information content (AvgIpc) is 3.04. The van der Waals surface area contributed by atoms with E-state index in [9.17, 15) is 23.5 Å². The van der Waals surface area contributed by atoms with Crippen LogP contribution in [0.3, 0.4) is 0 Å². The second-order valence-electron chi connectivity index (χ2n) is 9.32. The summed E-state index contributed by atoms with van der Waals surface area (Å²) < 4.78 is 26.1. The minimum atomic E-state index is -2.22. The quantitative estimate of drug-likeness (QED) is 0.771. The first-order valence-electron chi connectivity index (χ1n) is 10.4. The molecule has 2 aliphatic heterocycles. The van der Waals surface area contributed by atoms with E-state index in [-0.39, 0.29) is 11.3 Å². The van der Waals surface area contributed by atoms with Crippen LogP contribution >= 0.6 is 0 Å². The second kappa shape index (κ2) is 6.51. The number of amides is 1. The SMILES string of the molecule is CCN1CC(C(=O)O)C2C(=O)N(c3ccc(CC45CC(C(F)F)(C4)C5)cc3)C=CN21. The van der Waals surface area contributed by atoms with Gasteiger partial charge in [0, 0.05) is 36.6 Å². The molecule has 5 aliphatic rings. The molecule has 3 aliphatic carbocycles. The standard InChI is InChI=1S/C22H25F2N3O3/c1-2-25-10-16(19(29)30)17-18(28)26(7-8-27(17)25)15-5-3-14(4-6-15)9-21-11-22(12-21,13-21)20(23)24/h3-8,16-17,20H,2,9-13H2,1H3,(H,29,30). The van der Waals surface area contributed by atoms with E-state index in [4.69, 9.17) is 0 Å². The summed E-state index contributed by atoms with van der Waals surface area (Å²) in [6, 6.07) is 6.84. The number of nitrogens with zero attached hydrogens (tertiary/aromatic N) is 3. The van der Waals surface area contributed by atoms with Gasteiger partial charge in [-0.15, -0.1) is 0 Å². The van der Waals surface area contributed by atoms with Crippen LogP contribution < -0.4 is 4.90 Å². The Balaban J connectivity index is 1.30. The number of carboxylic acids is 1. The van der Waals surface area contributed by atoms with Crippen molar-refractivity contribution >= 4 is 17.6 Å². The average molecular weight is 417 g/mol. The number of anilines is 1. The first-order valence-corrected chi connectivity index (χ1v) is 10.4. The maximum absolute atomic E-state index is 13.1. The van der Waals surface area contributed by atoms with E-state index >= 15 is 0 Å². The normalized spacial score (nSPS) is 34.7. The maximum Gasteiger partial charge on any atom is 0.310 e. The number of alkyl halides is 2. The lowest BCUT2D eigenvalue weighted by molar-refractivity contribution is -0.265. The fourth-order valence-corrected chi connectivity index (χ4v) is 6.04. The molecule has 1 N–H and O–H groups in total. The van der Waals surface area contributed by atoms with Crippen molar-refractivity contribution in [1.82, 2.24) is 10.0 Å². The molecule has 8 heteroatoms. The number of carbonyl (C=O) groups is 2. The summed E-state index contributed by atoms with van der Waals surface area (Å²) in [7, 11) is 0. The molecule has 0 aromatic heterocycles. The summed E-state index contributed by atoms with van der Waals surface area (Å²) in [6.07, 6.45) is 3.83. The smallest absolute Gasteiger partial charge is 0.310 e. The van der Waals surface area contributed by atoms with E-state index in [0.29, 0.717) is 38.0 Å². The van der Waals surface area contributed by atoms with Crippen LogP contribution in [0, 0.1) is 16.7 Å². The molecule has 4 fully saturated rings. The van der Waals surface area contributed by atoms with Crippen molar-refractivity contribution in [2.45, 2.75) is 45.1 Å². The van der Waals surface area contributed by atoms with Crippen LogP contribution in [-0.4, -0.2) is 52.6 Å². The van der Waals surface area contributed by atoms with Crippen LogP contribution in [0.15, 0.2) is 36.7 Å². The summed E-state index contributed by atoms with van der Waals surface area (Å²) in [5, 5.41) is 13.2. The molecule has 30 heavy (non-hydrogen) atoms. The molecular weight excluding hydrogens is 392 g/mol. The third-order valence-electron chi connectivity index (χ3n) is 7.38. The van der Waals surface area contributed by atoms with Crippen molar-refractivity contribution in [3.63, 3.8) is 0 Å². The van der Waals surface area contributed by atoms with E-state index in [1.54, 1.807) is 17.4 Å². The summed E-state index contributed by atoms with van der Waals surface area (Å²) in [4.78, 5) is 26.3. The largest absolute Gasteiger partial charge is 0.481 e. The monoisotopic (exact) mass is 417 g/mol. The third-order valence-corrected chi connectivity index (χ3v) is 7.38. The van der Waals surface area contributed by atoms with Crippen molar-refractivity contribution in [2.24, 2.45) is 16.7 Å². The molecule has 2 bridgehead atoms. The number of rotatable bonds is 6. The van der Waals surface area contributed by atoms with Crippen molar-refractivity contribution < 1.29 is 23.5 Å². The Labute approximate surface area is 173 Å². The molecule has 6 rings (SSSR count). The Bertz CT molecular complexity index is 897. The summed E-state index contributed by atoms with van der Waals surface area (Å²) in [6.45, 7) is 2.86. The van der Waals surface area contributed by atoms with Gasteiger partial charge in [-0.2, -0.15) is 0 Å². The van der Waals surface area contributed by atoms with Crippen LogP contribution in [0.2, 0.25) is 0 Å². The highest BCUT2D eigenvalue weighted by Gasteiger charge is 2.71. The number of hydrogen-bond acceptors (Lipinski definition) is 4. The number of hydrogen-bond donors (Lipinski definition) is 1. The van der Waals surface area contributed by atoms with E-state index in [1.807, 2.05) is 36.2 Å². The molecule has 6 nitrogen and oxygen atoms in total. The van der Waals surface area contributed by atoms with Gasteiger partial charge in [0.15, 0.2) is 0 Å². The van der Waals surface area contributed by atoms with E-state index < -0.39 is 29.8 Å². The number of halogens is 2. The number of carboxylic acid groups (broad SMARTS) is 1. The van der Waals surface area contributed by atoms with Gasteiger partial charge >= 0.3 is 5.97 Å². The molecule has 1 aromatic rings. The van der Waals surface area contributed by atoms with Crippen molar-refractivity contribution in [1.29, 1.82) is 0 Å². The molecule has 2 heterocycles. The van der Waals surface area contributed by atoms with E-state index in [1.165, 1.54) is 4.90 Å². The predicted octanol–water partition coefficient (Wildman–Crippen LogP) is 3.10. The zero-order valence-corrected chi connectivity index (χ0v) is 16.8. The van der Waals surface area contributed by atoms with Crippen LogP contribution in [0.25, 0.3) is 0 Å². The van der Waals surface area contributed by atoms with Gasteiger partial charge in [-0.05, 0) is 48.8 Å². The molecular formula is C22H25F2N3O3. The Morgan fingerprint density at radius 3 is 2.43 bits per heavy atom. The summed E-state index contributed by atoms with van der Waals surface area (Å²) in [5.74, 6) is -2.01. The molecule has 160 valence electrons. The first-order chi connectivity index (χ1) is 14.3. The lowest BCUT2D eigenvalue weighted by Gasteiger charge is -2.70. The molecule has 1 amide bonds. The fraction of sp³-hybridized carbons (Fsp3) is 0.545. The lowest BCUT2D eigenvalue weighted by Crippen LogP contribution is -2.65. The third kappa shape index (κ3) is 2.69. The fourth-order valence-electron chi connectivity index (χ4n) is 6.04. The molecule has 2 unspecified atom stereocenters. The van der Waals surface area contributed by atoms with Gasteiger partial charge in [0.25, 0.3) is 5.91 Å². The zero-order chi connectivity index (χ0) is 21.3. The van der Waals surface area contributed by atoms with Gasteiger partial charge in [-0.25, -0.2) is 13.8 Å². The minimum Gasteiger partial charge on any atom is -0.481 e. The van der Waals surface area contributed by atoms with Crippen LogP contribution in [0.1, 0.15) is 31.7 Å². The number of carbonyl (C=O) groups excluding carboxylic acids is 1. The lowest BCUT2D eigenvalue weighted by atomic mass is 9.34. The number of benzene rings is 1. The number of hydrazine groups is 1. The highest BCUT2D eigenvalue weighted by atomic mass is 19.3. The van der Waals surface area contributed by atoms with Crippen molar-refractivity contribution in [3.05, 3.63) is 42.2 Å². The molecule has 1 saturated heterocycles. The van der Waals surface area contributed by atoms with E-state index in [0.717, 1.165) is 12.0 Å². The molecule has 3 saturated carbocycles. The summed E-state index contributed by atoms with van der Waals surface area (Å²) in [5.41, 5.74) is 1.07. The highest BCUT2D eigenvalue weighted by Crippen LogP contribution is 2.76. The Hall–Kier alpha value is -2.48. The van der Waals surface area contributed by atoms with Gasteiger partial charge in [-0.1, -0.05) is 19.1 Å². The molecule has 1 aromatic carbocycles. The van der Waals surface area contributed by atoms with Gasteiger partial charge in [0.1, 0.15) is 12.0 Å². The second-order valence-corrected chi connectivity index (χ2v) is 9.32. The zero-order valence-electron chi connectivity index (χ0n) is 16.8. The van der Waals surface area contributed by atoms with Gasteiger partial charge in [-0.3, -0.25) is 19.5 Å². The first kappa shape index (κ1) is 19.5. The van der Waals surface area contributed by atoms with Crippen molar-refractivity contribution in [2.75, 3.05) is 18.0 Å². The Morgan fingerprint density at radius 1 is 1.20 bits per heavy atom. The van der Waals surface area contributed by atoms with Crippen LogP contribution in [0.5, 0.6) is 0 Å². The molecule has 2 atom stereocenters. The Morgan fingerprint density at radius 2 is 1.87 bits per heavy atom. The number of aliphatic carboxylic acids is 1. The number of fused-ring (bicyclic) bond motifs is 1. The minimum absolute atomic E-state index is 0.0292. The van der Waals surface area contributed by atoms with Gasteiger partial charge in [0.05, 0.1) is 0 Å². The highest BCUT2D eigenvalue weighted by molar-refractivity contribution is 6.02. The van der Waals surface area contributed by atoms with Gasteiger partial charge in [0.2, 0.25) is 6.43 Å². The Kier molecular flexibility index (Phi) is 4.23. The molecule has 0 radical (unpaired) electrons.